The molecule has 0 saturated heterocycles. The first-order valence-corrected chi connectivity index (χ1v) is 3.33. The fourth-order valence-corrected chi connectivity index (χ4v) is 1.05. The molecule has 5 heteroatoms. The van der Waals surface area contributed by atoms with Crippen LogP contribution in [0.25, 0.3) is 5.65 Å². The summed E-state index contributed by atoms with van der Waals surface area (Å²) < 4.78 is 1.22. The molecule has 0 aromatic carbocycles. The Balaban J connectivity index is 3.02. The van der Waals surface area contributed by atoms with Crippen LogP contribution in [0.3, 0.4) is 0 Å². The topological polar surface area (TPSA) is 67.2 Å². The van der Waals surface area contributed by atoms with Crippen LogP contribution >= 0.6 is 0 Å². The van der Waals surface area contributed by atoms with Crippen molar-refractivity contribution in [3.8, 4) is 0 Å². The number of imidazole rings is 1. The number of aromatic nitrogens is 3. The van der Waals surface area contributed by atoms with Crippen LogP contribution in [0.1, 0.15) is 10.5 Å². The summed E-state index contributed by atoms with van der Waals surface area (Å²) in [5.41, 5.74) is 0.375. The molecule has 0 aliphatic carbocycles. The minimum atomic E-state index is -0.355. The van der Waals surface area contributed by atoms with Gasteiger partial charge in [0.2, 0.25) is 0 Å². The summed E-state index contributed by atoms with van der Waals surface area (Å²) in [6.07, 6.45) is 3.44. The SMILES string of the molecule is O=Cc1cnc2cc[nH]c(=O)n12. The van der Waals surface area contributed by atoms with Gasteiger partial charge in [0, 0.05) is 6.20 Å². The Bertz CT molecular complexity index is 483. The minimum Gasteiger partial charge on any atom is -0.314 e. The van der Waals surface area contributed by atoms with Crippen molar-refractivity contribution in [3.05, 3.63) is 34.6 Å². The highest BCUT2D eigenvalue weighted by Gasteiger charge is 2.02. The summed E-state index contributed by atoms with van der Waals surface area (Å²) in [6.45, 7) is 0. The van der Waals surface area contributed by atoms with E-state index in [1.54, 1.807) is 6.07 Å². The van der Waals surface area contributed by atoms with Gasteiger partial charge in [0.05, 0.1) is 6.20 Å². The molecule has 0 saturated carbocycles. The maximum atomic E-state index is 11.1. The Morgan fingerprint density at radius 2 is 2.42 bits per heavy atom. The molecular weight excluding hydrogens is 158 g/mol. The number of hydrogen-bond acceptors (Lipinski definition) is 3. The predicted octanol–water partition coefficient (Wildman–Crippen LogP) is -0.165. The van der Waals surface area contributed by atoms with Crippen molar-refractivity contribution in [2.24, 2.45) is 0 Å². The van der Waals surface area contributed by atoms with Crippen molar-refractivity contribution in [2.75, 3.05) is 0 Å². The van der Waals surface area contributed by atoms with Crippen LogP contribution in [0.2, 0.25) is 0 Å². The molecule has 0 radical (unpaired) electrons. The van der Waals surface area contributed by atoms with Gasteiger partial charge in [-0.15, -0.1) is 0 Å². The van der Waals surface area contributed by atoms with E-state index >= 15 is 0 Å². The Kier molecular flexibility index (Phi) is 1.30. The first-order chi connectivity index (χ1) is 5.83. The van der Waals surface area contributed by atoms with Crippen LogP contribution in [0.4, 0.5) is 0 Å². The van der Waals surface area contributed by atoms with Gasteiger partial charge in [0.1, 0.15) is 11.3 Å². The summed E-state index contributed by atoms with van der Waals surface area (Å²) in [6, 6.07) is 1.62. The van der Waals surface area contributed by atoms with Crippen LogP contribution in [-0.2, 0) is 0 Å². The third kappa shape index (κ3) is 0.763. The standard InChI is InChI=1S/C7H5N3O2/c11-4-5-3-9-6-1-2-8-7(12)10(5)6/h1-4H,(H,8,12). The molecule has 0 spiro atoms. The molecule has 0 atom stereocenters. The van der Waals surface area contributed by atoms with E-state index in [0.717, 1.165) is 0 Å². The lowest BCUT2D eigenvalue weighted by Crippen LogP contribution is -2.16. The van der Waals surface area contributed by atoms with Gasteiger partial charge in [-0.2, -0.15) is 0 Å². The second-order valence-corrected chi connectivity index (χ2v) is 2.28. The molecule has 0 bridgehead atoms. The Labute approximate surface area is 66.7 Å². The number of aldehydes is 1. The van der Waals surface area contributed by atoms with Crippen molar-refractivity contribution in [3.63, 3.8) is 0 Å². The lowest BCUT2D eigenvalue weighted by Gasteiger charge is -1.90. The number of carbonyl (C=O) groups excluding carboxylic acids is 1. The predicted molar refractivity (Wildman–Crippen MR) is 41.2 cm³/mol. The molecule has 0 fully saturated rings. The normalized spacial score (nSPS) is 10.3. The Morgan fingerprint density at radius 1 is 1.58 bits per heavy atom. The van der Waals surface area contributed by atoms with Gasteiger partial charge >= 0.3 is 5.69 Å². The van der Waals surface area contributed by atoms with E-state index in [2.05, 4.69) is 9.97 Å². The van der Waals surface area contributed by atoms with Gasteiger partial charge in [-0.3, -0.25) is 4.79 Å². The summed E-state index contributed by atoms with van der Waals surface area (Å²) >= 11 is 0. The average molecular weight is 163 g/mol. The van der Waals surface area contributed by atoms with Crippen LogP contribution < -0.4 is 5.69 Å². The zero-order chi connectivity index (χ0) is 8.55. The smallest absolute Gasteiger partial charge is 0.314 e. The van der Waals surface area contributed by atoms with E-state index in [1.165, 1.54) is 16.8 Å². The molecule has 12 heavy (non-hydrogen) atoms. The lowest BCUT2D eigenvalue weighted by atomic mass is 10.5. The van der Waals surface area contributed by atoms with Crippen LogP contribution in [0.5, 0.6) is 0 Å². The number of nitrogens with zero attached hydrogens (tertiary/aromatic N) is 2. The third-order valence-electron chi connectivity index (χ3n) is 1.58. The van der Waals surface area contributed by atoms with Crippen molar-refractivity contribution >= 4 is 11.9 Å². The van der Waals surface area contributed by atoms with Crippen LogP contribution in [0, 0.1) is 0 Å². The fraction of sp³-hybridized carbons (Fsp3) is 0. The van der Waals surface area contributed by atoms with Gasteiger partial charge in [-0.1, -0.05) is 0 Å². The zero-order valence-corrected chi connectivity index (χ0v) is 6.02. The monoisotopic (exact) mass is 163 g/mol. The molecule has 2 aromatic heterocycles. The van der Waals surface area contributed by atoms with E-state index < -0.39 is 0 Å². The molecular formula is C7H5N3O2. The van der Waals surface area contributed by atoms with E-state index in [4.69, 9.17) is 0 Å². The van der Waals surface area contributed by atoms with Crippen molar-refractivity contribution in [1.29, 1.82) is 0 Å². The van der Waals surface area contributed by atoms with E-state index in [9.17, 15) is 9.59 Å². The molecule has 2 aromatic rings. The third-order valence-corrected chi connectivity index (χ3v) is 1.58. The molecule has 2 rings (SSSR count). The quantitative estimate of drug-likeness (QED) is 0.594. The molecule has 60 valence electrons. The first-order valence-electron chi connectivity index (χ1n) is 3.33. The first kappa shape index (κ1) is 6.78. The van der Waals surface area contributed by atoms with E-state index in [0.29, 0.717) is 11.9 Å². The van der Waals surface area contributed by atoms with Gasteiger partial charge < -0.3 is 4.98 Å². The fourth-order valence-electron chi connectivity index (χ4n) is 1.05. The zero-order valence-electron chi connectivity index (χ0n) is 6.02. The highest BCUT2D eigenvalue weighted by atomic mass is 16.1. The number of hydrogen-bond donors (Lipinski definition) is 1. The molecule has 0 unspecified atom stereocenters. The number of H-pyrrole nitrogens is 1. The van der Waals surface area contributed by atoms with Crippen molar-refractivity contribution < 1.29 is 4.79 Å². The number of carbonyl (C=O) groups is 1. The van der Waals surface area contributed by atoms with Crippen LogP contribution in [0.15, 0.2) is 23.3 Å². The molecule has 0 aliphatic heterocycles. The number of fused-ring (bicyclic) bond motifs is 1. The lowest BCUT2D eigenvalue weighted by molar-refractivity contribution is 0.111. The van der Waals surface area contributed by atoms with Crippen molar-refractivity contribution in [1.82, 2.24) is 14.4 Å². The van der Waals surface area contributed by atoms with Gasteiger partial charge in [-0.05, 0) is 6.07 Å². The summed E-state index contributed by atoms with van der Waals surface area (Å²) in [7, 11) is 0. The van der Waals surface area contributed by atoms with Gasteiger partial charge in [0.25, 0.3) is 0 Å². The highest BCUT2D eigenvalue weighted by molar-refractivity contribution is 5.73. The van der Waals surface area contributed by atoms with E-state index in [-0.39, 0.29) is 11.4 Å². The Morgan fingerprint density at radius 3 is 3.17 bits per heavy atom. The molecule has 0 aliphatic rings. The minimum absolute atomic E-state index is 0.256. The number of nitrogens with one attached hydrogen (secondary N) is 1. The molecule has 5 nitrogen and oxygen atoms in total. The number of rotatable bonds is 1. The highest BCUT2D eigenvalue weighted by Crippen LogP contribution is 1.97. The second-order valence-electron chi connectivity index (χ2n) is 2.28. The average Bonchev–Trinajstić information content (AvgIpc) is 2.49. The van der Waals surface area contributed by atoms with Crippen LogP contribution in [-0.4, -0.2) is 20.7 Å². The summed E-state index contributed by atoms with van der Waals surface area (Å²) in [5.74, 6) is 0. The summed E-state index contributed by atoms with van der Waals surface area (Å²) in [5, 5.41) is 0. The Hall–Kier alpha value is -1.91. The largest absolute Gasteiger partial charge is 0.331 e. The maximum absolute atomic E-state index is 11.1. The molecule has 0 amide bonds. The van der Waals surface area contributed by atoms with E-state index in [1.807, 2.05) is 0 Å². The summed E-state index contributed by atoms with van der Waals surface area (Å²) in [4.78, 5) is 27.9. The maximum Gasteiger partial charge on any atom is 0.331 e. The second kappa shape index (κ2) is 2.30. The number of aromatic amines is 1. The molecule has 1 N–H and O–H groups in total. The van der Waals surface area contributed by atoms with Gasteiger partial charge in [0.15, 0.2) is 6.29 Å². The van der Waals surface area contributed by atoms with Gasteiger partial charge in [-0.25, -0.2) is 14.2 Å². The van der Waals surface area contributed by atoms with Crippen molar-refractivity contribution in [2.45, 2.75) is 0 Å². The molecule has 2 heterocycles.